The molecule has 0 aliphatic heterocycles. The molecule has 0 heterocycles. The van der Waals surface area contributed by atoms with Crippen molar-refractivity contribution in [3.63, 3.8) is 0 Å². The van der Waals surface area contributed by atoms with E-state index in [1.165, 1.54) is 6.08 Å². The zero-order valence-corrected chi connectivity index (χ0v) is 6.62. The molecule has 1 saturated carbocycles. The van der Waals surface area contributed by atoms with E-state index in [2.05, 4.69) is 0 Å². The lowest BCUT2D eigenvalue weighted by Crippen LogP contribution is -2.33. The second-order valence-electron chi connectivity index (χ2n) is 3.46. The van der Waals surface area contributed by atoms with Crippen molar-refractivity contribution in [2.45, 2.75) is 19.3 Å². The Morgan fingerprint density at radius 2 is 2.17 bits per heavy atom. The van der Waals surface area contributed by atoms with Crippen LogP contribution < -0.4 is 0 Å². The molecule has 64 valence electrons. The molecule has 0 amide bonds. The molecule has 0 aromatic carbocycles. The van der Waals surface area contributed by atoms with Crippen LogP contribution in [0.3, 0.4) is 0 Å². The number of rotatable bonds is 0. The molecule has 0 aromatic rings. The molecule has 0 radical (unpaired) electrons. The molecule has 2 bridgehead atoms. The lowest BCUT2D eigenvalue weighted by molar-refractivity contribution is -0.130. The minimum Gasteiger partial charge on any atom is -0.505 e. The third-order valence-corrected chi connectivity index (χ3v) is 2.67. The number of fused-ring (bicyclic) bond motifs is 2. The van der Waals surface area contributed by atoms with Gasteiger partial charge in [-0.2, -0.15) is 0 Å². The fourth-order valence-electron chi connectivity index (χ4n) is 1.94. The molecule has 0 spiro atoms. The maximum absolute atomic E-state index is 11.2. The Balaban J connectivity index is 2.34. The smallest absolute Gasteiger partial charge is 0.199 e. The predicted molar refractivity (Wildman–Crippen MR) is 41.6 cm³/mol. The Bertz CT molecular complexity index is 277. The van der Waals surface area contributed by atoms with Gasteiger partial charge in [-0.05, 0) is 18.9 Å². The maximum atomic E-state index is 11.2. The third-order valence-electron chi connectivity index (χ3n) is 2.67. The van der Waals surface area contributed by atoms with Gasteiger partial charge >= 0.3 is 0 Å². The average Bonchev–Trinajstić information content (AvgIpc) is 2.06. The first kappa shape index (κ1) is 7.53. The van der Waals surface area contributed by atoms with Crippen LogP contribution in [0.25, 0.3) is 0 Å². The maximum Gasteiger partial charge on any atom is 0.199 e. The molecular weight excluding hydrogens is 156 g/mol. The predicted octanol–water partition coefficient (Wildman–Crippen LogP) is 0.996. The zero-order chi connectivity index (χ0) is 8.72. The summed E-state index contributed by atoms with van der Waals surface area (Å²) < 4.78 is 0. The number of aliphatic hydroxyl groups excluding tert-OH is 1. The van der Waals surface area contributed by atoms with Crippen molar-refractivity contribution in [1.82, 2.24) is 0 Å². The zero-order valence-electron chi connectivity index (χ0n) is 6.62. The minimum atomic E-state index is -0.204. The summed E-state index contributed by atoms with van der Waals surface area (Å²) >= 11 is 0. The highest BCUT2D eigenvalue weighted by molar-refractivity contribution is 5.99. The van der Waals surface area contributed by atoms with Gasteiger partial charge in [0, 0.05) is 18.3 Å². The van der Waals surface area contributed by atoms with Gasteiger partial charge in [0.15, 0.2) is 11.5 Å². The molecule has 0 saturated heterocycles. The first-order valence-electron chi connectivity index (χ1n) is 4.16. The number of ketones is 2. The number of carbonyl (C=O) groups is 2. The Labute approximate surface area is 70.1 Å². The Morgan fingerprint density at radius 1 is 1.42 bits per heavy atom. The summed E-state index contributed by atoms with van der Waals surface area (Å²) in [5, 5.41) is 9.16. The quantitative estimate of drug-likeness (QED) is 0.584. The van der Waals surface area contributed by atoms with E-state index in [9.17, 15) is 9.59 Å². The molecule has 0 aromatic heterocycles. The van der Waals surface area contributed by atoms with Gasteiger partial charge in [-0.3, -0.25) is 9.59 Å². The van der Waals surface area contributed by atoms with Crippen molar-refractivity contribution in [3.8, 4) is 0 Å². The standard InChI is InChI=1S/C9H10O3/c10-7-2-1-5-3-6(7)4-8(11)9(5)12/h4-6,11H,1-3H2/t5-,6+/m0/s1. The highest BCUT2D eigenvalue weighted by Crippen LogP contribution is 2.33. The minimum absolute atomic E-state index is 0.0994. The van der Waals surface area contributed by atoms with Gasteiger partial charge in [-0.25, -0.2) is 0 Å². The topological polar surface area (TPSA) is 54.4 Å². The van der Waals surface area contributed by atoms with Crippen LogP contribution in [-0.2, 0) is 9.59 Å². The monoisotopic (exact) mass is 166 g/mol. The fourth-order valence-corrected chi connectivity index (χ4v) is 1.94. The van der Waals surface area contributed by atoms with Crippen LogP contribution in [0.15, 0.2) is 11.8 Å². The normalized spacial score (nSPS) is 34.8. The van der Waals surface area contributed by atoms with Crippen LogP contribution in [0.5, 0.6) is 0 Å². The summed E-state index contributed by atoms with van der Waals surface area (Å²) in [5.41, 5.74) is 0. The van der Waals surface area contributed by atoms with E-state index < -0.39 is 0 Å². The van der Waals surface area contributed by atoms with E-state index in [0.29, 0.717) is 19.3 Å². The molecule has 1 N–H and O–H groups in total. The van der Waals surface area contributed by atoms with E-state index in [4.69, 9.17) is 5.11 Å². The Kier molecular flexibility index (Phi) is 1.53. The molecule has 3 nitrogen and oxygen atoms in total. The van der Waals surface area contributed by atoms with Crippen molar-refractivity contribution in [2.24, 2.45) is 11.8 Å². The van der Waals surface area contributed by atoms with Crippen LogP contribution >= 0.6 is 0 Å². The fraction of sp³-hybridized carbons (Fsp3) is 0.556. The summed E-state index contributed by atoms with van der Waals surface area (Å²) in [5.74, 6) is -0.521. The number of hydrogen-bond donors (Lipinski definition) is 1. The lowest BCUT2D eigenvalue weighted by atomic mass is 9.74. The summed E-state index contributed by atoms with van der Waals surface area (Å²) in [6.07, 6.45) is 3.12. The van der Waals surface area contributed by atoms with Crippen molar-refractivity contribution in [3.05, 3.63) is 11.8 Å². The SMILES string of the molecule is O=C1C(O)=C[C@H]2C[C@@H]1CCC2=O. The van der Waals surface area contributed by atoms with E-state index in [-0.39, 0.29) is 29.2 Å². The van der Waals surface area contributed by atoms with Crippen molar-refractivity contribution < 1.29 is 14.7 Å². The molecule has 2 aliphatic rings. The Hall–Kier alpha value is -1.12. The van der Waals surface area contributed by atoms with Gasteiger partial charge in [0.25, 0.3) is 0 Å². The van der Waals surface area contributed by atoms with Gasteiger partial charge in [-0.1, -0.05) is 0 Å². The second kappa shape index (κ2) is 2.44. The highest BCUT2D eigenvalue weighted by atomic mass is 16.3. The summed E-state index contributed by atoms with van der Waals surface area (Å²) in [7, 11) is 0. The first-order valence-corrected chi connectivity index (χ1v) is 4.16. The summed E-state index contributed by atoms with van der Waals surface area (Å²) in [4.78, 5) is 22.4. The molecule has 2 atom stereocenters. The van der Waals surface area contributed by atoms with E-state index in [0.717, 1.165) is 0 Å². The van der Waals surface area contributed by atoms with E-state index in [1.54, 1.807) is 0 Å². The molecule has 2 aliphatic carbocycles. The van der Waals surface area contributed by atoms with Crippen LogP contribution in [-0.4, -0.2) is 16.7 Å². The summed E-state index contributed by atoms with van der Waals surface area (Å²) in [6, 6.07) is 0. The van der Waals surface area contributed by atoms with Crippen LogP contribution in [0.4, 0.5) is 0 Å². The molecule has 12 heavy (non-hydrogen) atoms. The van der Waals surface area contributed by atoms with Gasteiger partial charge in [-0.15, -0.1) is 0 Å². The average molecular weight is 166 g/mol. The summed E-state index contributed by atoms with van der Waals surface area (Å²) in [6.45, 7) is 0. The van der Waals surface area contributed by atoms with Crippen molar-refractivity contribution >= 4 is 11.6 Å². The van der Waals surface area contributed by atoms with E-state index in [1.807, 2.05) is 0 Å². The molecule has 3 heteroatoms. The van der Waals surface area contributed by atoms with Crippen molar-refractivity contribution in [1.29, 1.82) is 0 Å². The molecule has 0 unspecified atom stereocenters. The van der Waals surface area contributed by atoms with Crippen LogP contribution in [0.1, 0.15) is 19.3 Å². The molecule has 1 fully saturated rings. The van der Waals surface area contributed by atoms with Crippen LogP contribution in [0, 0.1) is 11.8 Å². The first-order chi connectivity index (χ1) is 5.68. The largest absolute Gasteiger partial charge is 0.505 e. The third kappa shape index (κ3) is 0.967. The lowest BCUT2D eigenvalue weighted by Gasteiger charge is -2.28. The highest BCUT2D eigenvalue weighted by Gasteiger charge is 2.37. The van der Waals surface area contributed by atoms with Gasteiger partial charge < -0.3 is 5.11 Å². The van der Waals surface area contributed by atoms with Gasteiger partial charge in [0.1, 0.15) is 5.78 Å². The number of hydrogen-bond acceptors (Lipinski definition) is 3. The van der Waals surface area contributed by atoms with Gasteiger partial charge in [0.2, 0.25) is 0 Å². The van der Waals surface area contributed by atoms with Crippen molar-refractivity contribution in [2.75, 3.05) is 0 Å². The number of carbonyl (C=O) groups excluding carboxylic acids is 2. The second-order valence-corrected chi connectivity index (χ2v) is 3.46. The van der Waals surface area contributed by atoms with Crippen LogP contribution in [0.2, 0.25) is 0 Å². The van der Waals surface area contributed by atoms with Gasteiger partial charge in [0.05, 0.1) is 0 Å². The van der Waals surface area contributed by atoms with E-state index >= 15 is 0 Å². The number of Topliss-reactive ketones (excluding diaryl/α,β-unsaturated/α-hetero) is 2. The Morgan fingerprint density at radius 3 is 2.92 bits per heavy atom. The number of allylic oxidation sites excluding steroid dienone is 2. The molecule has 2 rings (SSSR count). The molecular formula is C9H10O3. The number of aliphatic hydroxyl groups is 1.